The summed E-state index contributed by atoms with van der Waals surface area (Å²) in [7, 11) is 4.41. The molecule has 1 saturated heterocycles. The van der Waals surface area contributed by atoms with E-state index in [2.05, 4.69) is 0 Å². The Morgan fingerprint density at radius 2 is 1.39 bits per heavy atom. The van der Waals surface area contributed by atoms with Crippen molar-refractivity contribution in [1.82, 2.24) is 9.80 Å². The minimum Gasteiger partial charge on any atom is -0.502 e. The van der Waals surface area contributed by atoms with E-state index < -0.39 is 0 Å². The number of hydrogen-bond acceptors (Lipinski definition) is 6. The number of rotatable bonds is 7. The molecule has 8 nitrogen and oxygen atoms in total. The van der Waals surface area contributed by atoms with Crippen molar-refractivity contribution in [2.45, 2.75) is 0 Å². The summed E-state index contributed by atoms with van der Waals surface area (Å²) in [6.45, 7) is 1.44. The predicted molar refractivity (Wildman–Crippen MR) is 145 cm³/mol. The largest absolute Gasteiger partial charge is 0.502 e. The Bertz CT molecular complexity index is 1320. The maximum atomic E-state index is 13.4. The van der Waals surface area contributed by atoms with Gasteiger partial charge in [0.25, 0.3) is 5.91 Å². The standard InChI is InChI=1S/C29H29ClN2O6/c1-36-21-10-8-19(9-11-21)23(22-6-4-5-7-24(22)30)18-27(33)31-12-14-32(15-13-31)29(35)20-16-25(37-2)28(34)26(17-20)38-3/h4-11,16-18,34H,12-15H2,1-3H3. The van der Waals surface area contributed by atoms with E-state index in [1.165, 1.54) is 26.4 Å². The fourth-order valence-electron chi connectivity index (χ4n) is 4.31. The van der Waals surface area contributed by atoms with Gasteiger partial charge in [0.2, 0.25) is 11.7 Å². The lowest BCUT2D eigenvalue weighted by atomic mass is 9.97. The molecule has 0 saturated carbocycles. The number of benzene rings is 3. The van der Waals surface area contributed by atoms with Crippen LogP contribution in [0.15, 0.2) is 66.7 Å². The molecule has 0 unspecified atom stereocenters. The predicted octanol–water partition coefficient (Wildman–Crippen LogP) is 4.49. The van der Waals surface area contributed by atoms with Crippen molar-refractivity contribution in [1.29, 1.82) is 0 Å². The maximum Gasteiger partial charge on any atom is 0.254 e. The zero-order chi connectivity index (χ0) is 27.2. The highest BCUT2D eigenvalue weighted by Gasteiger charge is 2.26. The molecule has 2 amide bonds. The minimum absolute atomic E-state index is 0.150. The highest BCUT2D eigenvalue weighted by atomic mass is 35.5. The molecule has 1 aliphatic rings. The van der Waals surface area contributed by atoms with E-state index in [4.69, 9.17) is 25.8 Å². The fraction of sp³-hybridized carbons (Fsp3) is 0.241. The van der Waals surface area contributed by atoms with Gasteiger partial charge in [-0.15, -0.1) is 0 Å². The average molecular weight is 537 g/mol. The Hall–Kier alpha value is -4.17. The number of carbonyl (C=O) groups is 2. The zero-order valence-corrected chi connectivity index (χ0v) is 22.2. The normalized spacial score (nSPS) is 13.7. The van der Waals surface area contributed by atoms with Gasteiger partial charge in [-0.05, 0) is 41.5 Å². The molecule has 198 valence electrons. The Morgan fingerprint density at radius 1 is 0.816 bits per heavy atom. The summed E-state index contributed by atoms with van der Waals surface area (Å²) in [5.74, 6) is 0.438. The van der Waals surface area contributed by atoms with Gasteiger partial charge in [-0.25, -0.2) is 0 Å². The van der Waals surface area contributed by atoms with E-state index in [1.807, 2.05) is 42.5 Å². The Balaban J connectivity index is 1.52. The third kappa shape index (κ3) is 5.70. The second-order valence-electron chi connectivity index (χ2n) is 8.61. The van der Waals surface area contributed by atoms with E-state index in [-0.39, 0.29) is 29.1 Å². The number of amides is 2. The van der Waals surface area contributed by atoms with Crippen molar-refractivity contribution in [2.75, 3.05) is 47.5 Å². The minimum atomic E-state index is -0.237. The summed E-state index contributed by atoms with van der Waals surface area (Å²) in [4.78, 5) is 29.9. The summed E-state index contributed by atoms with van der Waals surface area (Å²) in [5, 5.41) is 10.7. The summed E-state index contributed by atoms with van der Waals surface area (Å²) < 4.78 is 15.6. The van der Waals surface area contributed by atoms with Crippen molar-refractivity contribution in [3.63, 3.8) is 0 Å². The number of hydrogen-bond donors (Lipinski definition) is 1. The molecule has 0 aromatic heterocycles. The number of ether oxygens (including phenoxy) is 3. The number of phenolic OH excluding ortho intramolecular Hbond substituents is 1. The van der Waals surface area contributed by atoms with Crippen LogP contribution < -0.4 is 14.2 Å². The summed E-state index contributed by atoms with van der Waals surface area (Å²) in [6.07, 6.45) is 1.59. The second kappa shape index (κ2) is 11.9. The third-order valence-electron chi connectivity index (χ3n) is 6.44. The van der Waals surface area contributed by atoms with Crippen LogP contribution in [0, 0.1) is 0 Å². The van der Waals surface area contributed by atoms with Crippen LogP contribution in [0.1, 0.15) is 21.5 Å². The van der Waals surface area contributed by atoms with Crippen molar-refractivity contribution in [3.8, 4) is 23.0 Å². The number of methoxy groups -OCH3 is 3. The van der Waals surface area contributed by atoms with Crippen molar-refractivity contribution < 1.29 is 28.9 Å². The number of piperazine rings is 1. The van der Waals surface area contributed by atoms with Gasteiger partial charge in [0, 0.05) is 48.4 Å². The third-order valence-corrected chi connectivity index (χ3v) is 6.77. The molecule has 0 radical (unpaired) electrons. The quantitative estimate of drug-likeness (QED) is 0.448. The van der Waals surface area contributed by atoms with Gasteiger partial charge >= 0.3 is 0 Å². The van der Waals surface area contributed by atoms with E-state index in [1.54, 1.807) is 29.1 Å². The van der Waals surface area contributed by atoms with Crippen LogP contribution in [0.2, 0.25) is 5.02 Å². The first-order valence-electron chi connectivity index (χ1n) is 12.0. The highest BCUT2D eigenvalue weighted by molar-refractivity contribution is 6.32. The number of halogens is 1. The van der Waals surface area contributed by atoms with Gasteiger partial charge in [0.15, 0.2) is 11.5 Å². The van der Waals surface area contributed by atoms with Gasteiger partial charge < -0.3 is 29.1 Å². The SMILES string of the molecule is COc1ccc(C(=CC(=O)N2CCN(C(=O)c3cc(OC)c(O)c(OC)c3)CC2)c2ccccc2Cl)cc1. The number of carbonyl (C=O) groups excluding carboxylic acids is 2. The smallest absolute Gasteiger partial charge is 0.254 e. The van der Waals surface area contributed by atoms with Crippen molar-refractivity contribution in [2.24, 2.45) is 0 Å². The molecule has 4 rings (SSSR count). The molecule has 1 N–H and O–H groups in total. The van der Waals surface area contributed by atoms with E-state index in [0.717, 1.165) is 11.1 Å². The van der Waals surface area contributed by atoms with Gasteiger partial charge in [-0.1, -0.05) is 41.9 Å². The molecule has 0 atom stereocenters. The topological polar surface area (TPSA) is 88.5 Å². The number of aromatic hydroxyl groups is 1. The zero-order valence-electron chi connectivity index (χ0n) is 21.4. The Labute approximate surface area is 226 Å². The molecule has 9 heteroatoms. The number of phenols is 1. The lowest BCUT2D eigenvalue weighted by molar-refractivity contribution is -0.127. The molecular formula is C29H29ClN2O6. The van der Waals surface area contributed by atoms with Crippen LogP contribution in [-0.4, -0.2) is 74.2 Å². The van der Waals surface area contributed by atoms with Crippen LogP contribution >= 0.6 is 11.6 Å². The summed E-state index contributed by atoms with van der Waals surface area (Å²) in [6, 6.07) is 17.8. The second-order valence-corrected chi connectivity index (χ2v) is 9.02. The molecular weight excluding hydrogens is 508 g/mol. The summed E-state index contributed by atoms with van der Waals surface area (Å²) >= 11 is 6.49. The number of nitrogens with zero attached hydrogens (tertiary/aromatic N) is 2. The van der Waals surface area contributed by atoms with Crippen molar-refractivity contribution in [3.05, 3.63) is 88.5 Å². The fourth-order valence-corrected chi connectivity index (χ4v) is 4.55. The highest BCUT2D eigenvalue weighted by Crippen LogP contribution is 2.37. The van der Waals surface area contributed by atoms with Crippen LogP contribution in [-0.2, 0) is 4.79 Å². The molecule has 3 aromatic carbocycles. The molecule has 1 heterocycles. The molecule has 0 aliphatic carbocycles. The van der Waals surface area contributed by atoms with Crippen LogP contribution in [0.5, 0.6) is 23.0 Å². The van der Waals surface area contributed by atoms with E-state index in [0.29, 0.717) is 48.1 Å². The van der Waals surface area contributed by atoms with Crippen molar-refractivity contribution >= 4 is 29.0 Å². The first-order valence-corrected chi connectivity index (χ1v) is 12.4. The van der Waals surface area contributed by atoms with Gasteiger partial charge in [-0.2, -0.15) is 0 Å². The molecule has 38 heavy (non-hydrogen) atoms. The lowest BCUT2D eigenvalue weighted by Gasteiger charge is -2.34. The van der Waals surface area contributed by atoms with E-state index >= 15 is 0 Å². The van der Waals surface area contributed by atoms with Crippen LogP contribution in [0.25, 0.3) is 5.57 Å². The average Bonchev–Trinajstić information content (AvgIpc) is 2.96. The Kier molecular flexibility index (Phi) is 8.43. The van der Waals surface area contributed by atoms with Crippen LogP contribution in [0.3, 0.4) is 0 Å². The first kappa shape index (κ1) is 26.9. The van der Waals surface area contributed by atoms with Gasteiger partial charge in [-0.3, -0.25) is 9.59 Å². The molecule has 3 aromatic rings. The molecule has 1 aliphatic heterocycles. The van der Waals surface area contributed by atoms with Gasteiger partial charge in [0.05, 0.1) is 21.3 Å². The van der Waals surface area contributed by atoms with Crippen LogP contribution in [0.4, 0.5) is 0 Å². The molecule has 0 spiro atoms. The first-order chi connectivity index (χ1) is 18.4. The monoisotopic (exact) mass is 536 g/mol. The van der Waals surface area contributed by atoms with Gasteiger partial charge in [0.1, 0.15) is 5.75 Å². The van der Waals surface area contributed by atoms with E-state index in [9.17, 15) is 14.7 Å². The molecule has 0 bridgehead atoms. The molecule has 1 fully saturated rings. The lowest BCUT2D eigenvalue weighted by Crippen LogP contribution is -2.50. The Morgan fingerprint density at radius 3 is 1.95 bits per heavy atom. The maximum absolute atomic E-state index is 13.4. The summed E-state index contributed by atoms with van der Waals surface area (Å²) in [5.41, 5.74) is 2.61.